The molecule has 1 aromatic heterocycles. The number of rotatable bonds is 7. The third-order valence-corrected chi connectivity index (χ3v) is 3.97. The molecule has 2 aromatic carbocycles. The average Bonchev–Trinajstić information content (AvgIpc) is 2.71. The molecule has 29 heavy (non-hydrogen) atoms. The van der Waals surface area contributed by atoms with Crippen LogP contribution >= 0.6 is 11.6 Å². The van der Waals surface area contributed by atoms with Crippen LogP contribution in [0.2, 0.25) is 5.02 Å². The number of carbonyl (C=O) groups is 1. The first-order valence-electron chi connectivity index (χ1n) is 8.12. The Bertz CT molecular complexity index is 1070. The lowest BCUT2D eigenvalue weighted by atomic mass is 10.2. The second-order valence-corrected chi connectivity index (χ2v) is 6.06. The molecule has 0 aliphatic carbocycles. The van der Waals surface area contributed by atoms with E-state index in [0.29, 0.717) is 11.4 Å². The van der Waals surface area contributed by atoms with Gasteiger partial charge < -0.3 is 9.84 Å². The number of nitrogens with one attached hydrogen (secondary N) is 1. The van der Waals surface area contributed by atoms with Crippen molar-refractivity contribution in [2.24, 2.45) is 5.10 Å². The Kier molecular flexibility index (Phi) is 6.00. The number of carboxylic acids is 1. The molecule has 0 radical (unpaired) electrons. The van der Waals surface area contributed by atoms with Crippen molar-refractivity contribution in [2.45, 2.75) is 0 Å². The number of carboxylic acid groups (broad SMARTS) is 1. The number of ether oxygens (including phenoxy) is 1. The Balaban J connectivity index is 1.61. The molecule has 3 rings (SSSR count). The smallest absolute Gasteiger partial charge is 0.337 e. The van der Waals surface area contributed by atoms with Gasteiger partial charge in [-0.1, -0.05) is 11.6 Å². The molecular formula is C19H13ClN4O5. The zero-order valence-corrected chi connectivity index (χ0v) is 15.4. The van der Waals surface area contributed by atoms with Gasteiger partial charge in [0.05, 0.1) is 27.4 Å². The molecule has 0 aliphatic rings. The van der Waals surface area contributed by atoms with E-state index < -0.39 is 10.9 Å². The first-order chi connectivity index (χ1) is 13.9. The highest BCUT2D eigenvalue weighted by atomic mass is 35.5. The Hall–Kier alpha value is -3.98. The van der Waals surface area contributed by atoms with Crippen LogP contribution < -0.4 is 10.2 Å². The Morgan fingerprint density at radius 2 is 1.97 bits per heavy atom. The molecular weight excluding hydrogens is 400 g/mol. The summed E-state index contributed by atoms with van der Waals surface area (Å²) in [5.74, 6) is -0.392. The van der Waals surface area contributed by atoms with Gasteiger partial charge >= 0.3 is 5.97 Å². The second-order valence-electron chi connectivity index (χ2n) is 5.65. The summed E-state index contributed by atoms with van der Waals surface area (Å²) in [6.45, 7) is 0. The lowest BCUT2D eigenvalue weighted by Gasteiger charge is -2.05. The number of aromatic carboxylic acids is 1. The fourth-order valence-electron chi connectivity index (χ4n) is 2.22. The molecule has 0 saturated heterocycles. The standard InChI is InChI=1S/C19H13ClN4O5/c20-17-7-3-13(9-16(17)19(25)26)23-22-10-12-1-5-15(6-2-12)29-18-8-4-14(11-21-18)24(27)28/h1-11,23H,(H,25,26)/b22-10+. The lowest BCUT2D eigenvalue weighted by molar-refractivity contribution is -0.385. The summed E-state index contributed by atoms with van der Waals surface area (Å²) >= 11 is 5.82. The Morgan fingerprint density at radius 1 is 1.21 bits per heavy atom. The number of pyridine rings is 1. The van der Waals surface area contributed by atoms with E-state index in [1.165, 1.54) is 24.3 Å². The summed E-state index contributed by atoms with van der Waals surface area (Å²) in [4.78, 5) is 25.0. The van der Waals surface area contributed by atoms with Gasteiger partial charge in [-0.05, 0) is 48.0 Å². The predicted octanol–water partition coefficient (Wildman–Crippen LogP) is 4.58. The third-order valence-electron chi connectivity index (χ3n) is 3.64. The number of nitro groups is 1. The van der Waals surface area contributed by atoms with Gasteiger partial charge in [0.25, 0.3) is 5.69 Å². The monoisotopic (exact) mass is 412 g/mol. The zero-order chi connectivity index (χ0) is 20.8. The minimum absolute atomic E-state index is 0.0202. The number of nitrogens with zero attached hydrogens (tertiary/aromatic N) is 3. The first kappa shape index (κ1) is 19.8. The second kappa shape index (κ2) is 8.81. The van der Waals surface area contributed by atoms with E-state index in [-0.39, 0.29) is 22.2 Å². The van der Waals surface area contributed by atoms with Gasteiger partial charge in [0.15, 0.2) is 0 Å². The first-order valence-corrected chi connectivity index (χ1v) is 8.50. The van der Waals surface area contributed by atoms with Gasteiger partial charge in [-0.3, -0.25) is 15.5 Å². The topological polar surface area (TPSA) is 127 Å². The van der Waals surface area contributed by atoms with Gasteiger partial charge in [0, 0.05) is 12.1 Å². The van der Waals surface area contributed by atoms with Crippen molar-refractivity contribution >= 4 is 35.2 Å². The third kappa shape index (κ3) is 5.27. The molecule has 2 N–H and O–H groups in total. The number of hydrogen-bond donors (Lipinski definition) is 2. The number of anilines is 1. The van der Waals surface area contributed by atoms with E-state index in [2.05, 4.69) is 15.5 Å². The summed E-state index contributed by atoms with van der Waals surface area (Å²) in [6, 6.07) is 14.1. The van der Waals surface area contributed by atoms with Gasteiger partial charge in [-0.2, -0.15) is 5.10 Å². The van der Waals surface area contributed by atoms with Crippen LogP contribution in [0.3, 0.4) is 0 Å². The fourth-order valence-corrected chi connectivity index (χ4v) is 2.42. The molecule has 10 heteroatoms. The number of hydrazone groups is 1. The molecule has 0 amide bonds. The van der Waals surface area contributed by atoms with E-state index in [9.17, 15) is 14.9 Å². The normalized spacial score (nSPS) is 10.7. The van der Waals surface area contributed by atoms with Crippen LogP contribution in [-0.4, -0.2) is 27.2 Å². The van der Waals surface area contributed by atoms with Crippen molar-refractivity contribution in [1.29, 1.82) is 0 Å². The molecule has 0 saturated carbocycles. The molecule has 146 valence electrons. The van der Waals surface area contributed by atoms with Crippen LogP contribution in [0.15, 0.2) is 65.9 Å². The van der Waals surface area contributed by atoms with Crippen molar-refractivity contribution in [3.05, 3.63) is 87.1 Å². The van der Waals surface area contributed by atoms with Gasteiger partial charge in [-0.15, -0.1) is 0 Å². The zero-order valence-electron chi connectivity index (χ0n) is 14.7. The molecule has 0 atom stereocenters. The van der Waals surface area contributed by atoms with Gasteiger partial charge in [0.1, 0.15) is 11.9 Å². The minimum Gasteiger partial charge on any atom is -0.478 e. The number of hydrogen-bond acceptors (Lipinski definition) is 7. The van der Waals surface area contributed by atoms with Crippen molar-refractivity contribution in [1.82, 2.24) is 4.98 Å². The molecule has 0 spiro atoms. The highest BCUT2D eigenvalue weighted by Gasteiger charge is 2.09. The summed E-state index contributed by atoms with van der Waals surface area (Å²) in [6.07, 6.45) is 2.66. The summed E-state index contributed by atoms with van der Waals surface area (Å²) in [5, 5.41) is 23.9. The highest BCUT2D eigenvalue weighted by Crippen LogP contribution is 2.22. The molecule has 9 nitrogen and oxygen atoms in total. The van der Waals surface area contributed by atoms with E-state index in [0.717, 1.165) is 11.8 Å². The van der Waals surface area contributed by atoms with Gasteiger partial charge in [0.2, 0.25) is 5.88 Å². The summed E-state index contributed by atoms with van der Waals surface area (Å²) in [7, 11) is 0. The predicted molar refractivity (Wildman–Crippen MR) is 107 cm³/mol. The number of halogens is 1. The average molecular weight is 413 g/mol. The maximum absolute atomic E-state index is 11.1. The molecule has 0 bridgehead atoms. The maximum atomic E-state index is 11.1. The molecule has 0 unspecified atom stereocenters. The quantitative estimate of drug-likeness (QED) is 0.330. The lowest BCUT2D eigenvalue weighted by Crippen LogP contribution is -1.99. The van der Waals surface area contributed by atoms with Crippen LogP contribution in [0.4, 0.5) is 11.4 Å². The van der Waals surface area contributed by atoms with E-state index >= 15 is 0 Å². The van der Waals surface area contributed by atoms with Crippen molar-refractivity contribution in [3.8, 4) is 11.6 Å². The Morgan fingerprint density at radius 3 is 2.59 bits per heavy atom. The van der Waals surface area contributed by atoms with Crippen molar-refractivity contribution in [3.63, 3.8) is 0 Å². The van der Waals surface area contributed by atoms with E-state index in [1.54, 1.807) is 36.5 Å². The Labute approximate surface area is 169 Å². The summed E-state index contributed by atoms with van der Waals surface area (Å²) < 4.78 is 5.53. The number of aromatic nitrogens is 1. The largest absolute Gasteiger partial charge is 0.478 e. The van der Waals surface area contributed by atoms with Crippen LogP contribution in [0, 0.1) is 10.1 Å². The van der Waals surface area contributed by atoms with Crippen LogP contribution in [0.25, 0.3) is 0 Å². The highest BCUT2D eigenvalue weighted by molar-refractivity contribution is 6.33. The molecule has 0 fully saturated rings. The molecule has 0 aliphatic heterocycles. The molecule has 3 aromatic rings. The van der Waals surface area contributed by atoms with Crippen molar-refractivity contribution < 1.29 is 19.6 Å². The number of benzene rings is 2. The summed E-state index contributed by atoms with van der Waals surface area (Å²) in [5.41, 5.74) is 3.83. The van der Waals surface area contributed by atoms with E-state index in [4.69, 9.17) is 21.4 Å². The fraction of sp³-hybridized carbons (Fsp3) is 0. The van der Waals surface area contributed by atoms with E-state index in [1.807, 2.05) is 0 Å². The van der Waals surface area contributed by atoms with Crippen molar-refractivity contribution in [2.75, 3.05) is 5.43 Å². The van der Waals surface area contributed by atoms with Crippen LogP contribution in [0.1, 0.15) is 15.9 Å². The molecule has 1 heterocycles. The SMILES string of the molecule is O=C(O)c1cc(N/N=C/c2ccc(Oc3ccc([N+](=O)[O-])cn3)cc2)ccc1Cl. The van der Waals surface area contributed by atoms with Crippen LogP contribution in [-0.2, 0) is 0 Å². The minimum atomic E-state index is -1.12. The maximum Gasteiger partial charge on any atom is 0.337 e. The van der Waals surface area contributed by atoms with Gasteiger partial charge in [-0.25, -0.2) is 9.78 Å². The van der Waals surface area contributed by atoms with Crippen LogP contribution in [0.5, 0.6) is 11.6 Å².